The van der Waals surface area contributed by atoms with E-state index >= 15 is 0 Å². The Kier molecular flexibility index (Phi) is 2.94. The van der Waals surface area contributed by atoms with Crippen LogP contribution in [0.5, 0.6) is 0 Å². The van der Waals surface area contributed by atoms with E-state index in [1.54, 1.807) is 17.1 Å². The molecular weight excluding hydrogens is 186 g/mol. The Morgan fingerprint density at radius 3 is 2.85 bits per heavy atom. The largest absolute Gasteiger partial charge is 0.271 e. The van der Waals surface area contributed by atoms with Crippen LogP contribution in [-0.4, -0.2) is 9.78 Å². The topological polar surface area (TPSA) is 41.6 Å². The van der Waals surface area contributed by atoms with Crippen molar-refractivity contribution >= 4 is 11.6 Å². The van der Waals surface area contributed by atoms with Crippen molar-refractivity contribution in [3.8, 4) is 6.07 Å². The maximum absolute atomic E-state index is 8.77. The van der Waals surface area contributed by atoms with Gasteiger partial charge >= 0.3 is 0 Å². The van der Waals surface area contributed by atoms with Crippen LogP contribution in [0.1, 0.15) is 20.3 Å². The molecule has 1 rings (SSSR count). The first-order valence-corrected chi connectivity index (χ1v) is 4.50. The second kappa shape index (κ2) is 3.80. The summed E-state index contributed by atoms with van der Waals surface area (Å²) >= 11 is 5.70. The van der Waals surface area contributed by atoms with Crippen LogP contribution in [0.3, 0.4) is 0 Å². The van der Waals surface area contributed by atoms with Crippen LogP contribution in [0.25, 0.3) is 0 Å². The summed E-state index contributed by atoms with van der Waals surface area (Å²) < 4.78 is 1.75. The van der Waals surface area contributed by atoms with Gasteiger partial charge in [-0.25, -0.2) is 0 Å². The minimum atomic E-state index is -0.293. The Morgan fingerprint density at radius 1 is 1.69 bits per heavy atom. The summed E-state index contributed by atoms with van der Waals surface area (Å²) in [6.45, 7) is 4.56. The first kappa shape index (κ1) is 10.1. The summed E-state index contributed by atoms with van der Waals surface area (Å²) in [6.07, 6.45) is 4.14. The highest BCUT2D eigenvalue weighted by molar-refractivity contribution is 6.30. The number of nitrogens with zero attached hydrogens (tertiary/aromatic N) is 3. The zero-order valence-electron chi connectivity index (χ0n) is 7.79. The number of hydrogen-bond donors (Lipinski definition) is 0. The lowest BCUT2D eigenvalue weighted by Gasteiger charge is -2.14. The molecule has 0 aliphatic carbocycles. The molecule has 0 saturated heterocycles. The average molecular weight is 198 g/mol. The van der Waals surface area contributed by atoms with Gasteiger partial charge in [0.25, 0.3) is 0 Å². The van der Waals surface area contributed by atoms with Gasteiger partial charge in [-0.1, -0.05) is 11.6 Å². The fourth-order valence-electron chi connectivity index (χ4n) is 0.911. The minimum Gasteiger partial charge on any atom is -0.271 e. The molecule has 0 N–H and O–H groups in total. The highest BCUT2D eigenvalue weighted by atomic mass is 35.5. The molecule has 13 heavy (non-hydrogen) atoms. The van der Waals surface area contributed by atoms with Crippen LogP contribution in [0.4, 0.5) is 0 Å². The van der Waals surface area contributed by atoms with Crippen molar-refractivity contribution in [2.45, 2.75) is 26.8 Å². The normalized spacial score (nSPS) is 11.2. The fraction of sp³-hybridized carbons (Fsp3) is 0.556. The maximum atomic E-state index is 8.77. The predicted molar refractivity (Wildman–Crippen MR) is 51.2 cm³/mol. The van der Waals surface area contributed by atoms with Gasteiger partial charge in [0.2, 0.25) is 0 Å². The molecule has 0 saturated carbocycles. The molecule has 1 heterocycles. The first-order valence-electron chi connectivity index (χ1n) is 4.13. The third kappa shape index (κ3) is 3.08. The van der Waals surface area contributed by atoms with Crippen LogP contribution in [0.15, 0.2) is 12.4 Å². The van der Waals surface area contributed by atoms with E-state index in [0.29, 0.717) is 5.02 Å². The maximum Gasteiger partial charge on any atom is 0.0785 e. The first-order chi connectivity index (χ1) is 6.03. The lowest BCUT2D eigenvalue weighted by molar-refractivity contribution is 0.399. The second-order valence-corrected chi connectivity index (χ2v) is 4.10. The van der Waals surface area contributed by atoms with E-state index in [2.05, 4.69) is 11.2 Å². The second-order valence-electron chi connectivity index (χ2n) is 3.67. The summed E-state index contributed by atoms with van der Waals surface area (Å²) in [6, 6.07) is 2.24. The third-order valence-corrected chi connectivity index (χ3v) is 2.07. The molecule has 0 unspecified atom stereocenters. The Balaban J connectivity index is 2.49. The highest BCUT2D eigenvalue weighted by Gasteiger charge is 2.16. The summed E-state index contributed by atoms with van der Waals surface area (Å²) in [4.78, 5) is 0. The van der Waals surface area contributed by atoms with Gasteiger partial charge in [0, 0.05) is 12.7 Å². The number of nitriles is 1. The monoisotopic (exact) mass is 197 g/mol. The smallest absolute Gasteiger partial charge is 0.0785 e. The van der Waals surface area contributed by atoms with E-state index in [1.807, 2.05) is 13.8 Å². The summed E-state index contributed by atoms with van der Waals surface area (Å²) in [7, 11) is 0. The SMILES string of the molecule is CC(C)(C#N)CCn1cc(Cl)cn1. The molecule has 0 atom stereocenters. The van der Waals surface area contributed by atoms with Crippen molar-refractivity contribution in [2.24, 2.45) is 5.41 Å². The van der Waals surface area contributed by atoms with Crippen molar-refractivity contribution in [1.29, 1.82) is 5.26 Å². The van der Waals surface area contributed by atoms with E-state index in [1.165, 1.54) is 0 Å². The molecule has 0 bridgehead atoms. The van der Waals surface area contributed by atoms with E-state index < -0.39 is 0 Å². The van der Waals surface area contributed by atoms with Crippen LogP contribution in [0.2, 0.25) is 5.02 Å². The quantitative estimate of drug-likeness (QED) is 0.747. The van der Waals surface area contributed by atoms with Gasteiger partial charge in [-0.05, 0) is 20.3 Å². The van der Waals surface area contributed by atoms with Crippen molar-refractivity contribution in [2.75, 3.05) is 0 Å². The summed E-state index contributed by atoms with van der Waals surface area (Å²) in [5.74, 6) is 0. The minimum absolute atomic E-state index is 0.293. The molecule has 3 nitrogen and oxygen atoms in total. The molecule has 70 valence electrons. The molecule has 0 amide bonds. The van der Waals surface area contributed by atoms with Gasteiger partial charge in [0.1, 0.15) is 0 Å². The van der Waals surface area contributed by atoms with Crippen molar-refractivity contribution in [1.82, 2.24) is 9.78 Å². The Morgan fingerprint density at radius 2 is 2.38 bits per heavy atom. The van der Waals surface area contributed by atoms with Crippen LogP contribution >= 0.6 is 11.6 Å². The summed E-state index contributed by atoms with van der Waals surface area (Å²) in [5.41, 5.74) is -0.293. The lowest BCUT2D eigenvalue weighted by Crippen LogP contribution is -2.12. The molecule has 1 aromatic rings. The van der Waals surface area contributed by atoms with Crippen molar-refractivity contribution in [3.63, 3.8) is 0 Å². The van der Waals surface area contributed by atoms with E-state index in [4.69, 9.17) is 16.9 Å². The molecule has 0 spiro atoms. The van der Waals surface area contributed by atoms with E-state index in [9.17, 15) is 0 Å². The van der Waals surface area contributed by atoms with Gasteiger partial charge in [-0.15, -0.1) is 0 Å². The predicted octanol–water partition coefficient (Wildman–Crippen LogP) is 2.48. The molecule has 1 aromatic heterocycles. The lowest BCUT2D eigenvalue weighted by atomic mass is 9.92. The summed E-state index contributed by atoms with van der Waals surface area (Å²) in [5, 5.41) is 13.4. The molecule has 0 radical (unpaired) electrons. The number of aryl methyl sites for hydroxylation is 1. The van der Waals surface area contributed by atoms with Crippen LogP contribution in [-0.2, 0) is 6.54 Å². The van der Waals surface area contributed by atoms with Crippen molar-refractivity contribution in [3.05, 3.63) is 17.4 Å². The average Bonchev–Trinajstić information content (AvgIpc) is 2.48. The van der Waals surface area contributed by atoms with E-state index in [-0.39, 0.29) is 5.41 Å². The number of rotatable bonds is 3. The van der Waals surface area contributed by atoms with Gasteiger partial charge in [0.15, 0.2) is 0 Å². The van der Waals surface area contributed by atoms with Gasteiger partial charge in [0.05, 0.1) is 22.7 Å². The molecule has 0 aliphatic heterocycles. The molecule has 4 heteroatoms. The molecule has 0 fully saturated rings. The Hall–Kier alpha value is -1.01. The number of hydrogen-bond acceptors (Lipinski definition) is 2. The van der Waals surface area contributed by atoms with Gasteiger partial charge < -0.3 is 0 Å². The van der Waals surface area contributed by atoms with Crippen LogP contribution < -0.4 is 0 Å². The standard InChI is InChI=1S/C9H12ClN3/c1-9(2,7-11)3-4-13-6-8(10)5-12-13/h5-6H,3-4H2,1-2H3. The third-order valence-electron chi connectivity index (χ3n) is 1.87. The Labute approximate surface area is 82.9 Å². The molecule has 0 aliphatic rings. The zero-order chi connectivity index (χ0) is 9.90. The fourth-order valence-corrected chi connectivity index (χ4v) is 1.07. The molecular formula is C9H12ClN3. The zero-order valence-corrected chi connectivity index (χ0v) is 8.54. The number of aromatic nitrogens is 2. The highest BCUT2D eigenvalue weighted by Crippen LogP contribution is 2.19. The van der Waals surface area contributed by atoms with Crippen LogP contribution in [0, 0.1) is 16.7 Å². The van der Waals surface area contributed by atoms with Crippen molar-refractivity contribution < 1.29 is 0 Å². The number of halogens is 1. The van der Waals surface area contributed by atoms with E-state index in [0.717, 1.165) is 13.0 Å². The van der Waals surface area contributed by atoms with Gasteiger partial charge in [-0.2, -0.15) is 10.4 Å². The Bertz CT molecular complexity index is 322. The molecule has 0 aromatic carbocycles. The van der Waals surface area contributed by atoms with Gasteiger partial charge in [-0.3, -0.25) is 4.68 Å².